The molecule has 2 fully saturated rings. The minimum absolute atomic E-state index is 0.187. The van der Waals surface area contributed by atoms with Crippen LogP contribution in [0.1, 0.15) is 37.3 Å². The molecule has 44 heavy (non-hydrogen) atoms. The highest BCUT2D eigenvalue weighted by Gasteiger charge is 2.47. The summed E-state index contributed by atoms with van der Waals surface area (Å²) in [7, 11) is 0. The number of hydrogen-bond donors (Lipinski definition) is 2. The molecule has 222 valence electrons. The van der Waals surface area contributed by atoms with Gasteiger partial charge in [-0.1, -0.05) is 42.1 Å². The zero-order chi connectivity index (χ0) is 30.2. The normalized spacial score (nSPS) is 22.5. The van der Waals surface area contributed by atoms with Crippen molar-refractivity contribution < 1.29 is 19.1 Å². The molecule has 11 heteroatoms. The minimum Gasteiger partial charge on any atom is -0.457 e. The van der Waals surface area contributed by atoms with E-state index in [-0.39, 0.29) is 29.5 Å². The largest absolute Gasteiger partial charge is 0.457 e. The van der Waals surface area contributed by atoms with E-state index in [1.54, 1.807) is 34.2 Å². The number of carbonyl (C=O) groups excluding carboxylic acids is 3. The molecule has 0 radical (unpaired) electrons. The summed E-state index contributed by atoms with van der Waals surface area (Å²) in [6.07, 6.45) is 6.91. The molecular formula is C33H30N6O4S. The Bertz CT molecular complexity index is 1700. The van der Waals surface area contributed by atoms with E-state index < -0.39 is 11.3 Å². The fraction of sp³-hybridized carbons (Fsp3) is 0.303. The first-order valence-corrected chi connectivity index (χ1v) is 15.7. The lowest BCUT2D eigenvalue weighted by atomic mass is 9.99. The number of nitrogens with zero attached hydrogens (tertiary/aromatic N) is 4. The fourth-order valence-electron chi connectivity index (χ4n) is 5.98. The number of aromatic nitrogens is 1. The molecule has 1 saturated heterocycles. The molecule has 4 heterocycles. The van der Waals surface area contributed by atoms with Gasteiger partial charge >= 0.3 is 6.03 Å². The van der Waals surface area contributed by atoms with Gasteiger partial charge < -0.3 is 20.3 Å². The highest BCUT2D eigenvalue weighted by Crippen LogP contribution is 2.50. The van der Waals surface area contributed by atoms with Crippen LogP contribution in [0.25, 0.3) is 0 Å². The molecule has 2 aromatic carbocycles. The average Bonchev–Trinajstić information content (AvgIpc) is 3.79. The Morgan fingerprint density at radius 3 is 2.70 bits per heavy atom. The number of likely N-dealkylation sites (tertiary alicyclic amines) is 1. The second-order valence-electron chi connectivity index (χ2n) is 11.4. The van der Waals surface area contributed by atoms with Crippen molar-refractivity contribution in [3.8, 4) is 17.6 Å². The van der Waals surface area contributed by atoms with Crippen molar-refractivity contribution in [3.63, 3.8) is 0 Å². The molecule has 3 aliphatic heterocycles. The highest BCUT2D eigenvalue weighted by molar-refractivity contribution is 8.01. The Balaban J connectivity index is 1.07. The third-order valence-electron chi connectivity index (χ3n) is 8.25. The molecule has 2 unspecified atom stereocenters. The molecule has 1 aliphatic carbocycles. The van der Waals surface area contributed by atoms with E-state index >= 15 is 0 Å². The van der Waals surface area contributed by atoms with Crippen molar-refractivity contribution in [2.45, 2.75) is 48.0 Å². The minimum atomic E-state index is -0.618. The van der Waals surface area contributed by atoms with Crippen LogP contribution < -0.4 is 20.3 Å². The van der Waals surface area contributed by atoms with Gasteiger partial charge in [0.1, 0.15) is 33.4 Å². The molecule has 0 spiro atoms. The molecule has 3 atom stereocenters. The highest BCUT2D eigenvalue weighted by atomic mass is 32.2. The number of thioether (sulfide) groups is 1. The summed E-state index contributed by atoms with van der Waals surface area (Å²) in [5.41, 5.74) is 2.28. The van der Waals surface area contributed by atoms with Gasteiger partial charge in [0, 0.05) is 37.0 Å². The first kappa shape index (κ1) is 28.0. The van der Waals surface area contributed by atoms with Crippen molar-refractivity contribution in [1.29, 1.82) is 5.26 Å². The number of rotatable bonds is 7. The third kappa shape index (κ3) is 5.49. The summed E-state index contributed by atoms with van der Waals surface area (Å²) < 4.78 is 6.00. The zero-order valence-electron chi connectivity index (χ0n) is 23.8. The van der Waals surface area contributed by atoms with Crippen LogP contribution in [-0.2, 0) is 9.59 Å². The SMILES string of the molecule is N#C/C(=C\C1CC1)C(=O)N1CCCC(NC(=O)[C@@H]2Sc3nccc4c3C2NC(=O)N4c2cccc(Oc3ccccc3)c2)C1. The lowest BCUT2D eigenvalue weighted by Crippen LogP contribution is -2.53. The average molecular weight is 607 g/mol. The second-order valence-corrected chi connectivity index (χ2v) is 12.5. The van der Waals surface area contributed by atoms with Gasteiger partial charge in [-0.3, -0.25) is 14.5 Å². The molecular weight excluding hydrogens is 576 g/mol. The van der Waals surface area contributed by atoms with Crippen LogP contribution >= 0.6 is 11.8 Å². The van der Waals surface area contributed by atoms with Crippen LogP contribution in [-0.4, -0.2) is 52.1 Å². The molecule has 1 aromatic heterocycles. The lowest BCUT2D eigenvalue weighted by Gasteiger charge is -2.36. The van der Waals surface area contributed by atoms with Crippen LogP contribution in [0.3, 0.4) is 0 Å². The van der Waals surface area contributed by atoms with Gasteiger partial charge in [-0.15, -0.1) is 0 Å². The number of pyridine rings is 1. The van der Waals surface area contributed by atoms with Crippen LogP contribution in [0.5, 0.6) is 11.5 Å². The monoisotopic (exact) mass is 606 g/mol. The summed E-state index contributed by atoms with van der Waals surface area (Å²) >= 11 is 1.33. The Kier molecular flexibility index (Phi) is 7.44. The van der Waals surface area contributed by atoms with E-state index in [4.69, 9.17) is 4.74 Å². The van der Waals surface area contributed by atoms with Crippen molar-refractivity contribution in [3.05, 3.63) is 84.1 Å². The van der Waals surface area contributed by atoms with Crippen molar-refractivity contribution in [2.75, 3.05) is 18.0 Å². The van der Waals surface area contributed by atoms with E-state index in [2.05, 4.69) is 21.7 Å². The smallest absolute Gasteiger partial charge is 0.327 e. The second kappa shape index (κ2) is 11.7. The Morgan fingerprint density at radius 1 is 1.09 bits per heavy atom. The summed E-state index contributed by atoms with van der Waals surface area (Å²) in [6.45, 7) is 0.895. The van der Waals surface area contributed by atoms with Crippen LogP contribution in [0.4, 0.5) is 16.2 Å². The number of carbonyl (C=O) groups is 3. The molecule has 1 saturated carbocycles. The number of amides is 4. The van der Waals surface area contributed by atoms with Gasteiger partial charge in [0.15, 0.2) is 0 Å². The first-order chi connectivity index (χ1) is 21.5. The van der Waals surface area contributed by atoms with E-state index in [0.717, 1.165) is 31.2 Å². The van der Waals surface area contributed by atoms with Gasteiger partial charge in [-0.05, 0) is 61.9 Å². The Labute approximate surface area is 259 Å². The first-order valence-electron chi connectivity index (χ1n) is 14.8. The van der Waals surface area contributed by atoms with Gasteiger partial charge in [-0.2, -0.15) is 5.26 Å². The summed E-state index contributed by atoms with van der Waals surface area (Å²) in [5, 5.41) is 15.8. The summed E-state index contributed by atoms with van der Waals surface area (Å²) in [5.74, 6) is 1.11. The van der Waals surface area contributed by atoms with E-state index in [9.17, 15) is 19.6 Å². The number of allylic oxidation sites excluding steroid dienone is 1. The quantitative estimate of drug-likeness (QED) is 0.279. The fourth-order valence-corrected chi connectivity index (χ4v) is 7.22. The lowest BCUT2D eigenvalue weighted by molar-refractivity contribution is -0.129. The Hall–Kier alpha value is -4.82. The van der Waals surface area contributed by atoms with Crippen LogP contribution in [0.2, 0.25) is 0 Å². The number of ether oxygens (including phenoxy) is 1. The van der Waals surface area contributed by atoms with Crippen LogP contribution in [0, 0.1) is 17.2 Å². The van der Waals surface area contributed by atoms with Gasteiger partial charge in [0.2, 0.25) is 5.91 Å². The number of piperidine rings is 1. The molecule has 3 aromatic rings. The number of nitriles is 1. The van der Waals surface area contributed by atoms with Crippen molar-refractivity contribution >= 4 is 41.0 Å². The number of anilines is 2. The zero-order valence-corrected chi connectivity index (χ0v) is 24.6. The molecule has 10 nitrogen and oxygen atoms in total. The number of hydrogen-bond acceptors (Lipinski definition) is 7. The molecule has 0 bridgehead atoms. The van der Waals surface area contributed by atoms with Gasteiger partial charge in [0.05, 0.1) is 17.4 Å². The molecule has 7 rings (SSSR count). The number of urea groups is 1. The topological polar surface area (TPSA) is 128 Å². The third-order valence-corrected chi connectivity index (χ3v) is 9.54. The van der Waals surface area contributed by atoms with E-state index in [0.29, 0.717) is 46.9 Å². The van der Waals surface area contributed by atoms with Gasteiger partial charge in [-0.25, -0.2) is 9.78 Å². The summed E-state index contributed by atoms with van der Waals surface area (Å²) in [4.78, 5) is 48.1. The van der Waals surface area contributed by atoms with Crippen molar-refractivity contribution in [1.82, 2.24) is 20.5 Å². The van der Waals surface area contributed by atoms with Gasteiger partial charge in [0.25, 0.3) is 5.91 Å². The standard InChI is InChI=1S/C33H30N6O4S/c34-18-21(16-20-11-12-20)32(41)38-15-5-6-22(19-38)36-30(40)29-28-27-26(13-14-35-31(27)44-29)39(33(42)37-28)23-7-4-10-25(17-23)43-24-8-2-1-3-9-24/h1-4,7-10,13-14,16-17,20,22,28-29H,5-6,11-12,15,19H2,(H,36,40)(H,37,42)/b21-16+/t22?,28?,29-/m1/s1. The van der Waals surface area contributed by atoms with E-state index in [1.807, 2.05) is 48.5 Å². The maximum Gasteiger partial charge on any atom is 0.327 e. The van der Waals surface area contributed by atoms with E-state index in [1.165, 1.54) is 11.8 Å². The molecule has 4 aliphatic rings. The van der Waals surface area contributed by atoms with Crippen molar-refractivity contribution in [2.24, 2.45) is 5.92 Å². The summed E-state index contributed by atoms with van der Waals surface area (Å²) in [6, 6.07) is 19.4. The number of para-hydroxylation sites is 1. The number of benzene rings is 2. The maximum absolute atomic E-state index is 13.7. The predicted octanol–water partition coefficient (Wildman–Crippen LogP) is 5.22. The van der Waals surface area contributed by atoms with Crippen LogP contribution in [0.15, 0.2) is 83.5 Å². The Morgan fingerprint density at radius 2 is 1.91 bits per heavy atom. The molecule has 2 N–H and O–H groups in total. The number of nitrogens with one attached hydrogen (secondary N) is 2. The predicted molar refractivity (Wildman–Crippen MR) is 164 cm³/mol. The maximum atomic E-state index is 13.7. The molecule has 4 amide bonds.